The minimum Gasteiger partial charge on any atom is -0.494 e. The van der Waals surface area contributed by atoms with E-state index in [1.165, 1.54) is 0 Å². The van der Waals surface area contributed by atoms with Crippen molar-refractivity contribution < 1.29 is 14.3 Å². The summed E-state index contributed by atoms with van der Waals surface area (Å²) >= 11 is 6.12. The van der Waals surface area contributed by atoms with Crippen LogP contribution in [-0.2, 0) is 4.79 Å². The molecule has 29 heavy (non-hydrogen) atoms. The van der Waals surface area contributed by atoms with Crippen LogP contribution in [0.3, 0.4) is 0 Å². The van der Waals surface area contributed by atoms with Crippen LogP contribution >= 0.6 is 11.6 Å². The number of rotatable bonds is 6. The van der Waals surface area contributed by atoms with Gasteiger partial charge in [-0.1, -0.05) is 17.7 Å². The van der Waals surface area contributed by atoms with Crippen molar-refractivity contribution in [3.8, 4) is 5.75 Å². The van der Waals surface area contributed by atoms with Crippen LogP contribution in [0.15, 0.2) is 42.5 Å². The Kier molecular flexibility index (Phi) is 6.99. The Morgan fingerprint density at radius 3 is 2.41 bits per heavy atom. The maximum absolute atomic E-state index is 12.5. The van der Waals surface area contributed by atoms with Crippen LogP contribution in [0, 0.1) is 6.92 Å². The number of benzene rings is 2. The van der Waals surface area contributed by atoms with Crippen molar-refractivity contribution >= 4 is 29.1 Å². The number of halogens is 1. The maximum Gasteiger partial charge on any atom is 0.251 e. The first-order chi connectivity index (χ1) is 14.0. The van der Waals surface area contributed by atoms with Gasteiger partial charge >= 0.3 is 0 Å². The lowest BCUT2D eigenvalue weighted by molar-refractivity contribution is -0.130. The van der Waals surface area contributed by atoms with Crippen molar-refractivity contribution in [3.05, 3.63) is 58.6 Å². The highest BCUT2D eigenvalue weighted by Crippen LogP contribution is 2.25. The van der Waals surface area contributed by atoms with E-state index in [9.17, 15) is 9.59 Å². The third-order valence-electron chi connectivity index (χ3n) is 4.97. The lowest BCUT2D eigenvalue weighted by Gasteiger charge is -2.37. The van der Waals surface area contributed by atoms with Gasteiger partial charge in [0.15, 0.2) is 0 Å². The molecule has 1 aliphatic heterocycles. The highest BCUT2D eigenvalue weighted by molar-refractivity contribution is 6.30. The predicted molar refractivity (Wildman–Crippen MR) is 115 cm³/mol. The summed E-state index contributed by atoms with van der Waals surface area (Å²) in [7, 11) is 0. The SMILES string of the molecule is CCOc1ccc(C(=O)NCC(=O)N2CCN(c3cc(Cl)ccc3C)CC2)cc1. The topological polar surface area (TPSA) is 61.9 Å². The molecule has 0 saturated carbocycles. The first-order valence-corrected chi connectivity index (χ1v) is 10.2. The van der Waals surface area contributed by atoms with Crippen LogP contribution in [0.25, 0.3) is 0 Å². The van der Waals surface area contributed by atoms with Crippen molar-refractivity contribution in [2.45, 2.75) is 13.8 Å². The van der Waals surface area contributed by atoms with E-state index < -0.39 is 0 Å². The number of carbonyl (C=O) groups is 2. The molecule has 0 unspecified atom stereocenters. The zero-order chi connectivity index (χ0) is 20.8. The molecule has 1 N–H and O–H groups in total. The fourth-order valence-electron chi connectivity index (χ4n) is 3.36. The number of carbonyl (C=O) groups excluding carboxylic acids is 2. The summed E-state index contributed by atoms with van der Waals surface area (Å²) in [5.41, 5.74) is 2.77. The van der Waals surface area contributed by atoms with Gasteiger partial charge in [0, 0.05) is 42.5 Å². The average molecular weight is 416 g/mol. The van der Waals surface area contributed by atoms with Gasteiger partial charge < -0.3 is 19.9 Å². The van der Waals surface area contributed by atoms with E-state index in [2.05, 4.69) is 17.1 Å². The molecule has 1 heterocycles. The number of anilines is 1. The minimum atomic E-state index is -0.269. The molecule has 3 rings (SSSR count). The molecule has 154 valence electrons. The molecule has 0 aromatic heterocycles. The van der Waals surface area contributed by atoms with Crippen molar-refractivity contribution in [1.82, 2.24) is 10.2 Å². The zero-order valence-corrected chi connectivity index (χ0v) is 17.5. The summed E-state index contributed by atoms with van der Waals surface area (Å²) in [5, 5.41) is 3.41. The fourth-order valence-corrected chi connectivity index (χ4v) is 3.53. The van der Waals surface area contributed by atoms with Crippen LogP contribution in [0.5, 0.6) is 5.75 Å². The number of piperazine rings is 1. The molecule has 0 spiro atoms. The molecule has 6 nitrogen and oxygen atoms in total. The Bertz CT molecular complexity index is 862. The summed E-state index contributed by atoms with van der Waals surface area (Å²) < 4.78 is 5.37. The maximum atomic E-state index is 12.5. The number of hydrogen-bond acceptors (Lipinski definition) is 4. The van der Waals surface area contributed by atoms with Gasteiger partial charge in [0.25, 0.3) is 5.91 Å². The Labute approximate surface area is 176 Å². The lowest BCUT2D eigenvalue weighted by Crippen LogP contribution is -2.51. The van der Waals surface area contributed by atoms with Gasteiger partial charge in [-0.05, 0) is 55.8 Å². The zero-order valence-electron chi connectivity index (χ0n) is 16.8. The standard InChI is InChI=1S/C22H26ClN3O3/c1-3-29-19-8-5-17(6-9-19)22(28)24-15-21(27)26-12-10-25(11-13-26)20-14-18(23)7-4-16(20)2/h4-9,14H,3,10-13,15H2,1-2H3,(H,24,28). The molecular weight excluding hydrogens is 390 g/mol. The molecule has 1 fully saturated rings. The molecule has 1 aliphatic rings. The molecular formula is C22H26ClN3O3. The monoisotopic (exact) mass is 415 g/mol. The molecule has 2 aromatic carbocycles. The van der Waals surface area contributed by atoms with E-state index >= 15 is 0 Å². The second kappa shape index (κ2) is 9.65. The van der Waals surface area contributed by atoms with Crippen LogP contribution in [0.1, 0.15) is 22.8 Å². The van der Waals surface area contributed by atoms with Gasteiger partial charge in [-0.25, -0.2) is 0 Å². The normalized spacial score (nSPS) is 13.9. The third-order valence-corrected chi connectivity index (χ3v) is 5.21. The molecule has 0 bridgehead atoms. The van der Waals surface area contributed by atoms with E-state index in [1.807, 2.05) is 25.1 Å². The van der Waals surface area contributed by atoms with E-state index in [0.717, 1.165) is 24.3 Å². The molecule has 2 amide bonds. The lowest BCUT2D eigenvalue weighted by atomic mass is 10.1. The molecule has 1 saturated heterocycles. The Morgan fingerprint density at radius 2 is 1.76 bits per heavy atom. The molecule has 7 heteroatoms. The number of nitrogens with one attached hydrogen (secondary N) is 1. The van der Waals surface area contributed by atoms with Gasteiger partial charge in [-0.15, -0.1) is 0 Å². The molecule has 0 radical (unpaired) electrons. The summed E-state index contributed by atoms with van der Waals surface area (Å²) in [6.45, 7) is 7.22. The van der Waals surface area contributed by atoms with Crippen molar-refractivity contribution in [3.63, 3.8) is 0 Å². The van der Waals surface area contributed by atoms with Gasteiger partial charge in [0.2, 0.25) is 5.91 Å². The first kappa shape index (κ1) is 21.0. The van der Waals surface area contributed by atoms with Crippen molar-refractivity contribution in [2.24, 2.45) is 0 Å². The minimum absolute atomic E-state index is 0.0117. The van der Waals surface area contributed by atoms with Crippen LogP contribution in [0.4, 0.5) is 5.69 Å². The van der Waals surface area contributed by atoms with E-state index in [4.69, 9.17) is 16.3 Å². The Balaban J connectivity index is 1.48. The smallest absolute Gasteiger partial charge is 0.251 e. The second-order valence-corrected chi connectivity index (χ2v) is 7.38. The van der Waals surface area contributed by atoms with Gasteiger partial charge in [-0.3, -0.25) is 9.59 Å². The van der Waals surface area contributed by atoms with Crippen LogP contribution in [0.2, 0.25) is 5.02 Å². The average Bonchev–Trinajstić information content (AvgIpc) is 2.74. The summed E-state index contributed by atoms with van der Waals surface area (Å²) in [6, 6.07) is 12.7. The van der Waals surface area contributed by atoms with Gasteiger partial charge in [-0.2, -0.15) is 0 Å². The highest BCUT2D eigenvalue weighted by atomic mass is 35.5. The van der Waals surface area contributed by atoms with E-state index in [0.29, 0.717) is 36.0 Å². The summed E-state index contributed by atoms with van der Waals surface area (Å²) in [6.07, 6.45) is 0. The first-order valence-electron chi connectivity index (χ1n) is 9.78. The molecule has 0 aliphatic carbocycles. The van der Waals surface area contributed by atoms with E-state index in [-0.39, 0.29) is 18.4 Å². The second-order valence-electron chi connectivity index (χ2n) is 6.94. The number of ether oxygens (including phenoxy) is 1. The van der Waals surface area contributed by atoms with E-state index in [1.54, 1.807) is 29.2 Å². The largest absolute Gasteiger partial charge is 0.494 e. The highest BCUT2D eigenvalue weighted by Gasteiger charge is 2.22. The predicted octanol–water partition coefficient (Wildman–Crippen LogP) is 3.13. The summed E-state index contributed by atoms with van der Waals surface area (Å²) in [5.74, 6) is 0.370. The number of aryl methyl sites for hydroxylation is 1. The van der Waals surface area contributed by atoms with Crippen molar-refractivity contribution in [2.75, 3.05) is 44.2 Å². The van der Waals surface area contributed by atoms with Gasteiger partial charge in [0.1, 0.15) is 5.75 Å². The van der Waals surface area contributed by atoms with Gasteiger partial charge in [0.05, 0.1) is 13.2 Å². The fraction of sp³-hybridized carbons (Fsp3) is 0.364. The quantitative estimate of drug-likeness (QED) is 0.787. The van der Waals surface area contributed by atoms with Crippen LogP contribution < -0.4 is 15.0 Å². The number of nitrogens with zero attached hydrogens (tertiary/aromatic N) is 2. The number of hydrogen-bond donors (Lipinski definition) is 1. The van der Waals surface area contributed by atoms with Crippen molar-refractivity contribution in [1.29, 1.82) is 0 Å². The Morgan fingerprint density at radius 1 is 1.07 bits per heavy atom. The Hall–Kier alpha value is -2.73. The third kappa shape index (κ3) is 5.41. The molecule has 0 atom stereocenters. The molecule has 2 aromatic rings. The van der Waals surface area contributed by atoms with Crippen LogP contribution in [-0.4, -0.2) is 56.0 Å². The summed E-state index contributed by atoms with van der Waals surface area (Å²) in [4.78, 5) is 28.8. The number of amides is 2.